The van der Waals surface area contributed by atoms with Gasteiger partial charge in [-0.2, -0.15) is 0 Å². The van der Waals surface area contributed by atoms with Crippen molar-refractivity contribution in [2.24, 2.45) is 0 Å². The first-order chi connectivity index (χ1) is 12.8. The van der Waals surface area contributed by atoms with Gasteiger partial charge in [-0.25, -0.2) is 4.98 Å². The summed E-state index contributed by atoms with van der Waals surface area (Å²) >= 11 is 0. The number of hydrogen-bond acceptors (Lipinski definition) is 4. The molecule has 1 heterocycles. The van der Waals surface area contributed by atoms with Crippen LogP contribution < -0.4 is 5.32 Å². The van der Waals surface area contributed by atoms with Crippen LogP contribution in [0.2, 0.25) is 0 Å². The highest BCUT2D eigenvalue weighted by molar-refractivity contribution is 6.07. The molecule has 0 saturated heterocycles. The van der Waals surface area contributed by atoms with Crippen molar-refractivity contribution in [1.82, 2.24) is 4.98 Å². The standard InChI is InChI=1S/C22H26N2O2/c1-2-16-26-21(25)14-4-3-9-15-23-22-17-10-5-7-12-19(17)24-20-13-8-6-11-18(20)22/h5-8,10-13H,2-4,9,14-16H2,1H3,(H,23,24). The van der Waals surface area contributed by atoms with Crippen molar-refractivity contribution in [2.75, 3.05) is 18.5 Å². The van der Waals surface area contributed by atoms with Crippen LogP contribution in [-0.4, -0.2) is 24.1 Å². The molecule has 26 heavy (non-hydrogen) atoms. The van der Waals surface area contributed by atoms with Crippen LogP contribution in [0, 0.1) is 0 Å². The van der Waals surface area contributed by atoms with Gasteiger partial charge in [0, 0.05) is 23.7 Å². The summed E-state index contributed by atoms with van der Waals surface area (Å²) in [5.41, 5.74) is 3.16. The van der Waals surface area contributed by atoms with Crippen molar-refractivity contribution in [3.8, 4) is 0 Å². The van der Waals surface area contributed by atoms with Gasteiger partial charge in [0.2, 0.25) is 0 Å². The Kier molecular flexibility index (Phi) is 6.42. The van der Waals surface area contributed by atoms with Crippen LogP contribution in [0.1, 0.15) is 39.0 Å². The van der Waals surface area contributed by atoms with Crippen LogP contribution in [0.5, 0.6) is 0 Å². The molecule has 0 aliphatic rings. The summed E-state index contributed by atoms with van der Waals surface area (Å²) in [5, 5.41) is 5.89. The molecule has 4 heteroatoms. The van der Waals surface area contributed by atoms with Gasteiger partial charge in [0.25, 0.3) is 0 Å². The summed E-state index contributed by atoms with van der Waals surface area (Å²) in [5.74, 6) is -0.0778. The van der Waals surface area contributed by atoms with Gasteiger partial charge < -0.3 is 10.1 Å². The molecule has 3 rings (SSSR count). The van der Waals surface area contributed by atoms with Crippen molar-refractivity contribution in [3.05, 3.63) is 48.5 Å². The predicted octanol–water partition coefficient (Wildman–Crippen LogP) is 5.31. The van der Waals surface area contributed by atoms with Gasteiger partial charge in [0.05, 0.1) is 23.3 Å². The van der Waals surface area contributed by atoms with Crippen molar-refractivity contribution in [2.45, 2.75) is 39.0 Å². The van der Waals surface area contributed by atoms with Crippen LogP contribution in [0.3, 0.4) is 0 Å². The second kappa shape index (κ2) is 9.18. The Hall–Kier alpha value is -2.62. The number of nitrogens with one attached hydrogen (secondary N) is 1. The van der Waals surface area contributed by atoms with Crippen LogP contribution in [0.4, 0.5) is 5.69 Å². The number of nitrogens with zero attached hydrogens (tertiary/aromatic N) is 1. The quantitative estimate of drug-likeness (QED) is 0.323. The monoisotopic (exact) mass is 350 g/mol. The zero-order chi connectivity index (χ0) is 18.2. The zero-order valence-electron chi connectivity index (χ0n) is 15.3. The van der Waals surface area contributed by atoms with E-state index in [4.69, 9.17) is 9.72 Å². The fourth-order valence-corrected chi connectivity index (χ4v) is 3.10. The Bertz CT molecular complexity index is 822. The number of fused-ring (bicyclic) bond motifs is 2. The summed E-state index contributed by atoms with van der Waals surface area (Å²) in [4.78, 5) is 16.3. The lowest BCUT2D eigenvalue weighted by atomic mass is 10.1. The molecular weight excluding hydrogens is 324 g/mol. The molecule has 4 nitrogen and oxygen atoms in total. The first kappa shape index (κ1) is 18.2. The van der Waals surface area contributed by atoms with Crippen LogP contribution in [0.15, 0.2) is 48.5 Å². The summed E-state index contributed by atoms with van der Waals surface area (Å²) in [6.07, 6.45) is 4.30. The van der Waals surface area contributed by atoms with Gasteiger partial charge in [0.15, 0.2) is 0 Å². The minimum absolute atomic E-state index is 0.0778. The molecule has 0 saturated carbocycles. The van der Waals surface area contributed by atoms with E-state index < -0.39 is 0 Å². The Labute approximate surface area is 154 Å². The molecule has 0 bridgehead atoms. The van der Waals surface area contributed by atoms with Crippen LogP contribution in [-0.2, 0) is 9.53 Å². The number of aromatic nitrogens is 1. The molecule has 1 aromatic heterocycles. The Balaban J connectivity index is 1.59. The summed E-state index contributed by atoms with van der Waals surface area (Å²) in [7, 11) is 0. The largest absolute Gasteiger partial charge is 0.466 e. The van der Waals surface area contributed by atoms with Gasteiger partial charge >= 0.3 is 5.97 Å². The molecule has 0 aliphatic heterocycles. The van der Waals surface area contributed by atoms with Crippen molar-refractivity contribution < 1.29 is 9.53 Å². The molecule has 0 aliphatic carbocycles. The lowest BCUT2D eigenvalue weighted by molar-refractivity contribution is -0.143. The third kappa shape index (κ3) is 4.51. The van der Waals surface area contributed by atoms with Crippen LogP contribution in [0.25, 0.3) is 21.8 Å². The third-order valence-corrected chi connectivity index (χ3v) is 4.41. The molecule has 3 aromatic rings. The van der Waals surface area contributed by atoms with Crippen molar-refractivity contribution in [3.63, 3.8) is 0 Å². The minimum Gasteiger partial charge on any atom is -0.466 e. The second-order valence-electron chi connectivity index (χ2n) is 6.48. The van der Waals surface area contributed by atoms with E-state index in [1.165, 1.54) is 0 Å². The number of esters is 1. The van der Waals surface area contributed by atoms with Gasteiger partial charge in [-0.15, -0.1) is 0 Å². The summed E-state index contributed by atoms with van der Waals surface area (Å²) in [6, 6.07) is 16.5. The molecular formula is C22H26N2O2. The van der Waals surface area contributed by atoms with E-state index in [9.17, 15) is 4.79 Å². The lowest BCUT2D eigenvalue weighted by Crippen LogP contribution is -2.06. The molecule has 2 aromatic carbocycles. The highest BCUT2D eigenvalue weighted by Gasteiger charge is 2.08. The van der Waals surface area contributed by atoms with Gasteiger partial charge in [-0.1, -0.05) is 49.7 Å². The Morgan fingerprint density at radius 2 is 1.62 bits per heavy atom. The molecule has 0 unspecified atom stereocenters. The number of carbonyl (C=O) groups excluding carboxylic acids is 1. The number of rotatable bonds is 9. The Morgan fingerprint density at radius 1 is 0.962 bits per heavy atom. The molecule has 136 valence electrons. The first-order valence-corrected chi connectivity index (χ1v) is 9.46. The number of para-hydroxylation sites is 2. The SMILES string of the molecule is CCCOC(=O)CCCCCNc1c2ccccc2nc2ccccc12. The fraction of sp³-hybridized carbons (Fsp3) is 0.364. The molecule has 1 N–H and O–H groups in total. The van der Waals surface area contributed by atoms with E-state index in [0.29, 0.717) is 13.0 Å². The van der Waals surface area contributed by atoms with Gasteiger partial charge in [-0.3, -0.25) is 4.79 Å². The maximum atomic E-state index is 11.5. The normalized spacial score (nSPS) is 11.0. The van der Waals surface area contributed by atoms with E-state index in [-0.39, 0.29) is 5.97 Å². The number of carbonyl (C=O) groups is 1. The van der Waals surface area contributed by atoms with E-state index in [1.54, 1.807) is 0 Å². The maximum Gasteiger partial charge on any atom is 0.305 e. The Morgan fingerprint density at radius 3 is 2.27 bits per heavy atom. The average molecular weight is 350 g/mol. The van der Waals surface area contributed by atoms with E-state index in [1.807, 2.05) is 31.2 Å². The van der Waals surface area contributed by atoms with E-state index in [0.717, 1.165) is 59.7 Å². The number of ether oxygens (including phenoxy) is 1. The third-order valence-electron chi connectivity index (χ3n) is 4.41. The smallest absolute Gasteiger partial charge is 0.305 e. The molecule has 0 amide bonds. The number of anilines is 1. The van der Waals surface area contributed by atoms with Gasteiger partial charge in [0.1, 0.15) is 0 Å². The van der Waals surface area contributed by atoms with E-state index >= 15 is 0 Å². The number of benzene rings is 2. The predicted molar refractivity (Wildman–Crippen MR) is 107 cm³/mol. The lowest BCUT2D eigenvalue weighted by Gasteiger charge is -2.13. The molecule has 0 radical (unpaired) electrons. The molecule has 0 atom stereocenters. The molecule has 0 fully saturated rings. The summed E-state index contributed by atoms with van der Waals surface area (Å²) < 4.78 is 5.10. The average Bonchev–Trinajstić information content (AvgIpc) is 2.68. The van der Waals surface area contributed by atoms with Crippen LogP contribution >= 0.6 is 0 Å². The van der Waals surface area contributed by atoms with Crippen molar-refractivity contribution >= 4 is 33.5 Å². The minimum atomic E-state index is -0.0778. The topological polar surface area (TPSA) is 51.2 Å². The zero-order valence-corrected chi connectivity index (χ0v) is 15.3. The maximum absolute atomic E-state index is 11.5. The highest BCUT2D eigenvalue weighted by atomic mass is 16.5. The number of pyridine rings is 1. The fourth-order valence-electron chi connectivity index (χ4n) is 3.10. The number of hydrogen-bond donors (Lipinski definition) is 1. The summed E-state index contributed by atoms with van der Waals surface area (Å²) in [6.45, 7) is 3.41. The van der Waals surface area contributed by atoms with Crippen molar-refractivity contribution in [1.29, 1.82) is 0 Å². The molecule has 0 spiro atoms. The van der Waals surface area contributed by atoms with Gasteiger partial charge in [-0.05, 0) is 31.4 Å². The number of unbranched alkanes of at least 4 members (excludes halogenated alkanes) is 2. The highest BCUT2D eigenvalue weighted by Crippen LogP contribution is 2.30. The van der Waals surface area contributed by atoms with E-state index in [2.05, 4.69) is 29.6 Å². The first-order valence-electron chi connectivity index (χ1n) is 9.46. The second-order valence-corrected chi connectivity index (χ2v) is 6.48.